The van der Waals surface area contributed by atoms with Gasteiger partial charge in [-0.15, -0.1) is 0 Å². The number of morpholine rings is 1. The van der Waals surface area contributed by atoms with E-state index in [0.717, 1.165) is 32.4 Å². The Labute approximate surface area is 114 Å². The molecule has 0 bridgehead atoms. The van der Waals surface area contributed by atoms with Crippen LogP contribution < -0.4 is 11.1 Å². The fourth-order valence-electron chi connectivity index (χ4n) is 3.67. The molecule has 3 N–H and O–H groups in total. The smallest absolute Gasteiger partial charge is 0.224 e. The van der Waals surface area contributed by atoms with E-state index >= 15 is 0 Å². The molecule has 2 saturated heterocycles. The Bertz CT molecular complexity index is 337. The topological polar surface area (TPSA) is 67.6 Å². The van der Waals surface area contributed by atoms with Crippen LogP contribution in [0, 0.1) is 5.92 Å². The number of hydrogen-bond acceptors (Lipinski definition) is 4. The predicted molar refractivity (Wildman–Crippen MR) is 72.7 cm³/mol. The number of nitrogens with one attached hydrogen (secondary N) is 1. The Balaban J connectivity index is 1.43. The second-order valence-electron chi connectivity index (χ2n) is 6.19. The van der Waals surface area contributed by atoms with E-state index < -0.39 is 0 Å². The van der Waals surface area contributed by atoms with Crippen molar-refractivity contribution in [2.75, 3.05) is 26.2 Å². The molecule has 0 aromatic rings. The summed E-state index contributed by atoms with van der Waals surface area (Å²) >= 11 is 0. The molecule has 1 aliphatic carbocycles. The average molecular weight is 267 g/mol. The van der Waals surface area contributed by atoms with E-state index in [2.05, 4.69) is 10.2 Å². The fourth-order valence-corrected chi connectivity index (χ4v) is 3.67. The van der Waals surface area contributed by atoms with Crippen LogP contribution in [0.3, 0.4) is 0 Å². The fraction of sp³-hybridized carbons (Fsp3) is 0.929. The van der Waals surface area contributed by atoms with Gasteiger partial charge in [-0.05, 0) is 32.2 Å². The third-order valence-corrected chi connectivity index (χ3v) is 4.87. The highest BCUT2D eigenvalue weighted by Crippen LogP contribution is 2.24. The molecule has 5 heteroatoms. The van der Waals surface area contributed by atoms with E-state index in [1.165, 1.54) is 19.4 Å². The van der Waals surface area contributed by atoms with E-state index in [0.29, 0.717) is 12.6 Å². The second-order valence-corrected chi connectivity index (χ2v) is 6.19. The number of carbonyl (C=O) groups excluding carboxylic acids is 1. The van der Waals surface area contributed by atoms with Crippen LogP contribution in [0.4, 0.5) is 0 Å². The molecule has 0 aromatic carbocycles. The number of nitrogens with zero attached hydrogens (tertiary/aromatic N) is 1. The maximum absolute atomic E-state index is 12.1. The molecule has 3 fully saturated rings. The van der Waals surface area contributed by atoms with Crippen molar-refractivity contribution in [3.63, 3.8) is 0 Å². The van der Waals surface area contributed by atoms with E-state index in [1.807, 2.05) is 0 Å². The molecule has 4 atom stereocenters. The molecule has 3 aliphatic rings. The monoisotopic (exact) mass is 267 g/mol. The lowest BCUT2D eigenvalue weighted by Gasteiger charge is -2.35. The third-order valence-electron chi connectivity index (χ3n) is 4.87. The van der Waals surface area contributed by atoms with Crippen molar-refractivity contribution in [2.45, 2.75) is 50.3 Å². The van der Waals surface area contributed by atoms with Crippen molar-refractivity contribution < 1.29 is 9.53 Å². The van der Waals surface area contributed by atoms with Crippen LogP contribution in [0.2, 0.25) is 0 Å². The van der Waals surface area contributed by atoms with E-state index in [1.54, 1.807) is 0 Å². The molecule has 2 heterocycles. The van der Waals surface area contributed by atoms with Gasteiger partial charge in [-0.3, -0.25) is 9.69 Å². The summed E-state index contributed by atoms with van der Waals surface area (Å²) in [5, 5.41) is 3.03. The molecule has 19 heavy (non-hydrogen) atoms. The summed E-state index contributed by atoms with van der Waals surface area (Å²) in [6.07, 6.45) is 5.69. The van der Waals surface area contributed by atoms with Crippen molar-refractivity contribution in [2.24, 2.45) is 11.7 Å². The Morgan fingerprint density at radius 2 is 2.21 bits per heavy atom. The Morgan fingerprint density at radius 3 is 3.00 bits per heavy atom. The highest BCUT2D eigenvalue weighted by molar-refractivity contribution is 5.79. The zero-order valence-electron chi connectivity index (χ0n) is 11.5. The van der Waals surface area contributed by atoms with Gasteiger partial charge in [0.15, 0.2) is 0 Å². The van der Waals surface area contributed by atoms with E-state index in [-0.39, 0.29) is 24.0 Å². The van der Waals surface area contributed by atoms with Gasteiger partial charge in [-0.1, -0.05) is 6.42 Å². The van der Waals surface area contributed by atoms with Crippen LogP contribution in [0.5, 0.6) is 0 Å². The number of hydrogen-bond donors (Lipinski definition) is 2. The molecule has 5 nitrogen and oxygen atoms in total. The molecule has 3 rings (SSSR count). The Hall–Kier alpha value is -0.650. The minimum Gasteiger partial charge on any atom is -0.373 e. The Kier molecular flexibility index (Phi) is 4.05. The molecule has 0 radical (unpaired) electrons. The molecular formula is C14H25N3O2. The summed E-state index contributed by atoms with van der Waals surface area (Å²) in [5.41, 5.74) is 5.96. The zero-order chi connectivity index (χ0) is 13.2. The number of amides is 1. The zero-order valence-corrected chi connectivity index (χ0v) is 11.5. The first-order valence-electron chi connectivity index (χ1n) is 7.63. The minimum atomic E-state index is 0.0168. The lowest BCUT2D eigenvalue weighted by atomic mass is 10.0. The third kappa shape index (κ3) is 2.93. The maximum Gasteiger partial charge on any atom is 0.224 e. The van der Waals surface area contributed by atoms with E-state index in [4.69, 9.17) is 10.5 Å². The first-order valence-corrected chi connectivity index (χ1v) is 7.63. The molecule has 0 aromatic heterocycles. The van der Waals surface area contributed by atoms with Crippen LogP contribution in [-0.2, 0) is 9.53 Å². The number of nitrogens with two attached hydrogens (primary N) is 1. The van der Waals surface area contributed by atoms with Crippen molar-refractivity contribution in [3.8, 4) is 0 Å². The number of carbonyl (C=O) groups is 1. The van der Waals surface area contributed by atoms with Gasteiger partial charge in [0, 0.05) is 25.2 Å². The van der Waals surface area contributed by atoms with Gasteiger partial charge in [-0.25, -0.2) is 0 Å². The van der Waals surface area contributed by atoms with Crippen LogP contribution >= 0.6 is 0 Å². The molecule has 2 aliphatic heterocycles. The van der Waals surface area contributed by atoms with Gasteiger partial charge in [0.25, 0.3) is 0 Å². The lowest BCUT2D eigenvalue weighted by molar-refractivity contribution is -0.126. The molecule has 108 valence electrons. The minimum absolute atomic E-state index is 0.0168. The molecule has 1 saturated carbocycles. The highest BCUT2D eigenvalue weighted by atomic mass is 16.5. The summed E-state index contributed by atoms with van der Waals surface area (Å²) in [6.45, 7) is 3.60. The summed E-state index contributed by atoms with van der Waals surface area (Å²) < 4.78 is 5.84. The quantitative estimate of drug-likeness (QED) is 0.761. The average Bonchev–Trinajstić information content (AvgIpc) is 3.03. The van der Waals surface area contributed by atoms with Crippen molar-refractivity contribution in [3.05, 3.63) is 0 Å². The van der Waals surface area contributed by atoms with E-state index in [9.17, 15) is 4.79 Å². The summed E-state index contributed by atoms with van der Waals surface area (Å²) in [6, 6.07) is 0.672. The van der Waals surface area contributed by atoms with Crippen LogP contribution in [0.15, 0.2) is 0 Å². The molecule has 1 amide bonds. The standard InChI is InChI=1S/C14H25N3O2/c15-13-5-1-4-12(13)14(18)16-7-11-8-17-6-2-3-10(17)9-19-11/h10-13H,1-9,15H2,(H,16,18). The lowest BCUT2D eigenvalue weighted by Crippen LogP contribution is -2.51. The predicted octanol–water partition coefficient (Wildman–Crippen LogP) is 0.0932. The van der Waals surface area contributed by atoms with Gasteiger partial charge in [-0.2, -0.15) is 0 Å². The maximum atomic E-state index is 12.1. The van der Waals surface area contributed by atoms with Crippen molar-refractivity contribution in [1.29, 1.82) is 0 Å². The van der Waals surface area contributed by atoms with Gasteiger partial charge >= 0.3 is 0 Å². The normalized spacial score (nSPS) is 39.2. The second kappa shape index (κ2) is 5.77. The first-order chi connectivity index (χ1) is 9.24. The number of ether oxygens (including phenoxy) is 1. The van der Waals surface area contributed by atoms with Crippen LogP contribution in [0.1, 0.15) is 32.1 Å². The SMILES string of the molecule is NC1CCCC1C(=O)NCC1CN2CCCC2CO1. The van der Waals surface area contributed by atoms with Gasteiger partial charge in [0.05, 0.1) is 18.6 Å². The van der Waals surface area contributed by atoms with Crippen molar-refractivity contribution in [1.82, 2.24) is 10.2 Å². The number of fused-ring (bicyclic) bond motifs is 1. The molecule has 4 unspecified atom stereocenters. The summed E-state index contributed by atoms with van der Waals surface area (Å²) in [7, 11) is 0. The number of rotatable bonds is 3. The van der Waals surface area contributed by atoms with Crippen LogP contribution in [0.25, 0.3) is 0 Å². The van der Waals surface area contributed by atoms with Gasteiger partial charge in [0.2, 0.25) is 5.91 Å². The largest absolute Gasteiger partial charge is 0.373 e. The van der Waals surface area contributed by atoms with Crippen molar-refractivity contribution >= 4 is 5.91 Å². The Morgan fingerprint density at radius 1 is 1.32 bits per heavy atom. The van der Waals surface area contributed by atoms with Gasteiger partial charge < -0.3 is 15.8 Å². The molecular weight excluding hydrogens is 242 g/mol. The highest BCUT2D eigenvalue weighted by Gasteiger charge is 2.34. The van der Waals surface area contributed by atoms with Crippen LogP contribution in [-0.4, -0.2) is 55.2 Å². The molecule has 0 spiro atoms. The first kappa shape index (κ1) is 13.3. The summed E-state index contributed by atoms with van der Waals surface area (Å²) in [4.78, 5) is 14.6. The van der Waals surface area contributed by atoms with Gasteiger partial charge in [0.1, 0.15) is 0 Å². The summed E-state index contributed by atoms with van der Waals surface area (Å²) in [5.74, 6) is 0.139.